The third kappa shape index (κ3) is 5.26. The highest BCUT2D eigenvalue weighted by Gasteiger charge is 2.50. The van der Waals surface area contributed by atoms with Gasteiger partial charge in [-0.15, -0.1) is 0 Å². The first-order valence-electron chi connectivity index (χ1n) is 12.3. The summed E-state index contributed by atoms with van der Waals surface area (Å²) >= 11 is 0. The molecule has 0 spiro atoms. The van der Waals surface area contributed by atoms with Crippen molar-refractivity contribution in [2.75, 3.05) is 0 Å². The molecule has 0 heterocycles. The monoisotopic (exact) mass is 428 g/mol. The van der Waals surface area contributed by atoms with Crippen LogP contribution in [-0.2, 0) is 0 Å². The predicted molar refractivity (Wildman–Crippen MR) is 128 cm³/mol. The second kappa shape index (κ2) is 9.37. The number of aliphatic hydroxyl groups excluding tert-OH is 2. The smallest absolute Gasteiger partial charge is 0.0811 e. The molecule has 0 aliphatic heterocycles. The highest BCUT2D eigenvalue weighted by Crippen LogP contribution is 2.59. The number of fused-ring (bicyclic) bond motifs is 1. The zero-order valence-electron chi connectivity index (χ0n) is 20.3. The van der Waals surface area contributed by atoms with Gasteiger partial charge in [0.05, 0.1) is 17.8 Å². The van der Waals surface area contributed by atoms with Gasteiger partial charge in [0.1, 0.15) is 0 Å². The second-order valence-corrected chi connectivity index (χ2v) is 11.4. The maximum atomic E-state index is 10.3. The largest absolute Gasteiger partial charge is 0.393 e. The number of allylic oxidation sites excluding steroid dienone is 4. The minimum absolute atomic E-state index is 0.141. The molecule has 174 valence electrons. The third-order valence-corrected chi connectivity index (χ3v) is 8.75. The molecule has 0 saturated heterocycles. The van der Waals surface area contributed by atoms with E-state index in [1.807, 2.05) is 13.8 Å². The Bertz CT molecular complexity index is 753. The van der Waals surface area contributed by atoms with Gasteiger partial charge in [-0.1, -0.05) is 57.2 Å². The number of hydrogen-bond acceptors (Lipinski definition) is 3. The summed E-state index contributed by atoms with van der Waals surface area (Å²) in [5, 5.41) is 30.4. The van der Waals surface area contributed by atoms with E-state index in [9.17, 15) is 15.3 Å². The first-order chi connectivity index (χ1) is 14.4. The molecule has 3 heteroatoms. The van der Waals surface area contributed by atoms with Gasteiger partial charge in [-0.25, -0.2) is 0 Å². The lowest BCUT2D eigenvalue weighted by Crippen LogP contribution is -2.35. The van der Waals surface area contributed by atoms with Crippen molar-refractivity contribution >= 4 is 0 Å². The van der Waals surface area contributed by atoms with E-state index in [0.717, 1.165) is 17.6 Å². The minimum Gasteiger partial charge on any atom is -0.393 e. The van der Waals surface area contributed by atoms with Gasteiger partial charge < -0.3 is 15.3 Å². The molecule has 7 atom stereocenters. The van der Waals surface area contributed by atoms with E-state index in [0.29, 0.717) is 36.0 Å². The van der Waals surface area contributed by atoms with Crippen LogP contribution in [0.15, 0.2) is 47.6 Å². The lowest BCUT2D eigenvalue weighted by Gasteiger charge is -2.44. The fraction of sp³-hybridized carbons (Fsp3) is 0.714. The Balaban J connectivity index is 1.76. The normalized spacial score (nSPS) is 39.3. The van der Waals surface area contributed by atoms with Crippen LogP contribution < -0.4 is 0 Å². The van der Waals surface area contributed by atoms with Crippen LogP contribution >= 0.6 is 0 Å². The van der Waals surface area contributed by atoms with Crippen molar-refractivity contribution < 1.29 is 15.3 Å². The van der Waals surface area contributed by atoms with Crippen LogP contribution in [0, 0.1) is 29.1 Å². The van der Waals surface area contributed by atoms with Crippen LogP contribution in [-0.4, -0.2) is 33.1 Å². The Kier molecular flexibility index (Phi) is 7.40. The zero-order valence-corrected chi connectivity index (χ0v) is 20.3. The van der Waals surface area contributed by atoms with Crippen molar-refractivity contribution in [1.82, 2.24) is 0 Å². The summed E-state index contributed by atoms with van der Waals surface area (Å²) in [7, 11) is 0. The summed E-state index contributed by atoms with van der Waals surface area (Å²) in [6.07, 6.45) is 15.0. The Morgan fingerprint density at radius 2 is 1.84 bits per heavy atom. The fourth-order valence-electron chi connectivity index (χ4n) is 6.32. The lowest BCUT2D eigenvalue weighted by molar-refractivity contribution is 0.0436. The maximum Gasteiger partial charge on any atom is 0.0811 e. The number of rotatable bonds is 5. The van der Waals surface area contributed by atoms with E-state index in [-0.39, 0.29) is 5.92 Å². The van der Waals surface area contributed by atoms with Crippen LogP contribution in [0.1, 0.15) is 79.6 Å². The second-order valence-electron chi connectivity index (χ2n) is 11.4. The predicted octanol–water partition coefficient (Wildman–Crippen LogP) is 5.73. The molecule has 3 N–H and O–H groups in total. The van der Waals surface area contributed by atoms with Gasteiger partial charge in [0.25, 0.3) is 0 Å². The van der Waals surface area contributed by atoms with E-state index >= 15 is 0 Å². The van der Waals surface area contributed by atoms with Gasteiger partial charge >= 0.3 is 0 Å². The van der Waals surface area contributed by atoms with Crippen molar-refractivity contribution in [2.45, 2.75) is 97.4 Å². The molecule has 3 fully saturated rings. The molecule has 3 aliphatic carbocycles. The van der Waals surface area contributed by atoms with E-state index in [1.54, 1.807) is 0 Å². The van der Waals surface area contributed by atoms with Crippen molar-refractivity contribution in [3.63, 3.8) is 0 Å². The van der Waals surface area contributed by atoms with Crippen molar-refractivity contribution in [3.05, 3.63) is 47.6 Å². The number of aliphatic hydroxyl groups is 3. The molecule has 3 rings (SSSR count). The molecule has 3 saturated carbocycles. The first kappa shape index (κ1) is 24.5. The molecule has 0 radical (unpaired) electrons. The topological polar surface area (TPSA) is 60.7 Å². The molecule has 0 bridgehead atoms. The average molecular weight is 429 g/mol. The van der Waals surface area contributed by atoms with E-state index in [4.69, 9.17) is 0 Å². The molecule has 4 unspecified atom stereocenters. The fourth-order valence-corrected chi connectivity index (χ4v) is 6.32. The summed E-state index contributed by atoms with van der Waals surface area (Å²) < 4.78 is 0. The van der Waals surface area contributed by atoms with Crippen LogP contribution in [0.25, 0.3) is 0 Å². The Morgan fingerprint density at radius 1 is 1.13 bits per heavy atom. The Hall–Kier alpha value is -1.16. The molecule has 0 amide bonds. The summed E-state index contributed by atoms with van der Waals surface area (Å²) in [4.78, 5) is 0. The summed E-state index contributed by atoms with van der Waals surface area (Å²) in [5.74, 6) is 1.91. The Labute approximate surface area is 189 Å². The Morgan fingerprint density at radius 3 is 2.52 bits per heavy atom. The summed E-state index contributed by atoms with van der Waals surface area (Å²) in [6, 6.07) is 0. The molecule has 3 nitrogen and oxygen atoms in total. The van der Waals surface area contributed by atoms with Crippen molar-refractivity contribution in [1.29, 1.82) is 0 Å². The third-order valence-electron chi connectivity index (χ3n) is 8.75. The van der Waals surface area contributed by atoms with E-state index in [2.05, 4.69) is 51.7 Å². The average Bonchev–Trinajstić information content (AvgIpc) is 3.04. The maximum absolute atomic E-state index is 10.3. The van der Waals surface area contributed by atoms with E-state index < -0.39 is 17.8 Å². The van der Waals surface area contributed by atoms with Gasteiger partial charge in [-0.3, -0.25) is 0 Å². The van der Waals surface area contributed by atoms with Crippen molar-refractivity contribution in [3.8, 4) is 0 Å². The highest BCUT2D eigenvalue weighted by molar-refractivity contribution is 5.38. The minimum atomic E-state index is -0.684. The standard InChI is InChI=1S/C28H44O3/c1-18(9-10-19(2)27(4,5)31)24-13-14-25-21(8-7-15-28(24,25)6)11-12-22-16-23(29)17-26(30)20(22)3/h9-12,18-19,23-26,29-31H,3,7-8,13-17H2,1-2,4-6H3/b10-9+,21-11+,22-12-/t18-,19?,23-,24?,25?,26?,28-/m1/s1. The molecular formula is C28H44O3. The van der Waals surface area contributed by atoms with Crippen molar-refractivity contribution in [2.24, 2.45) is 29.1 Å². The first-order valence-corrected chi connectivity index (χ1v) is 12.3. The summed E-state index contributed by atoms with van der Waals surface area (Å²) in [6.45, 7) is 14.7. The van der Waals surface area contributed by atoms with Crippen LogP contribution in [0.2, 0.25) is 0 Å². The lowest BCUT2D eigenvalue weighted by atomic mass is 9.61. The van der Waals surface area contributed by atoms with Crippen LogP contribution in [0.4, 0.5) is 0 Å². The number of hydrogen-bond donors (Lipinski definition) is 3. The quantitative estimate of drug-likeness (QED) is 0.490. The van der Waals surface area contributed by atoms with Gasteiger partial charge in [0, 0.05) is 12.3 Å². The molecule has 31 heavy (non-hydrogen) atoms. The molecule has 3 aliphatic rings. The molecule has 0 aromatic rings. The van der Waals surface area contributed by atoms with Crippen LogP contribution in [0.3, 0.4) is 0 Å². The highest BCUT2D eigenvalue weighted by atomic mass is 16.3. The SMILES string of the molecule is C=C1/C(=C\C=C2/CCC[C@@]3(C)C2CCC3[C@H](C)/C=C/C(C)C(C)(C)O)C[C@@H](O)CC1O. The molecule has 0 aromatic carbocycles. The molecular weight excluding hydrogens is 384 g/mol. The zero-order chi connectivity index (χ0) is 23.0. The van der Waals surface area contributed by atoms with Gasteiger partial charge in [0.2, 0.25) is 0 Å². The van der Waals surface area contributed by atoms with E-state index in [1.165, 1.54) is 31.3 Å². The molecule has 0 aromatic heterocycles. The summed E-state index contributed by atoms with van der Waals surface area (Å²) in [5.41, 5.74) is 2.93. The van der Waals surface area contributed by atoms with Gasteiger partial charge in [-0.2, -0.15) is 0 Å². The van der Waals surface area contributed by atoms with Gasteiger partial charge in [-0.05, 0) is 86.7 Å². The van der Waals surface area contributed by atoms with Gasteiger partial charge in [0.15, 0.2) is 0 Å². The van der Waals surface area contributed by atoms with Crippen LogP contribution in [0.5, 0.6) is 0 Å².